The SMILES string of the molecule is CCCn1cccc1CNc1ccccc1COCC. The van der Waals surface area contributed by atoms with Crippen molar-refractivity contribution in [1.29, 1.82) is 0 Å². The Hall–Kier alpha value is -1.74. The summed E-state index contributed by atoms with van der Waals surface area (Å²) >= 11 is 0. The predicted molar refractivity (Wildman–Crippen MR) is 83.8 cm³/mol. The minimum atomic E-state index is 0.662. The molecule has 2 aromatic rings. The number of anilines is 1. The first-order chi connectivity index (χ1) is 9.85. The van der Waals surface area contributed by atoms with Gasteiger partial charge >= 0.3 is 0 Å². The Morgan fingerprint density at radius 1 is 1.10 bits per heavy atom. The number of benzene rings is 1. The highest BCUT2D eigenvalue weighted by Crippen LogP contribution is 2.17. The van der Waals surface area contributed by atoms with E-state index in [0.717, 1.165) is 31.8 Å². The summed E-state index contributed by atoms with van der Waals surface area (Å²) in [6.07, 6.45) is 3.30. The first-order valence-corrected chi connectivity index (χ1v) is 7.38. The number of nitrogens with zero attached hydrogens (tertiary/aromatic N) is 1. The van der Waals surface area contributed by atoms with Crippen molar-refractivity contribution in [3.63, 3.8) is 0 Å². The van der Waals surface area contributed by atoms with Gasteiger partial charge in [-0.05, 0) is 31.5 Å². The Labute approximate surface area is 121 Å². The fraction of sp³-hybridized carbons (Fsp3) is 0.412. The average Bonchev–Trinajstić information content (AvgIpc) is 2.91. The molecule has 0 aliphatic rings. The summed E-state index contributed by atoms with van der Waals surface area (Å²) in [4.78, 5) is 0. The topological polar surface area (TPSA) is 26.2 Å². The molecular formula is C17H24N2O. The van der Waals surface area contributed by atoms with Gasteiger partial charge in [0.05, 0.1) is 13.2 Å². The second-order valence-corrected chi connectivity index (χ2v) is 4.84. The van der Waals surface area contributed by atoms with Crippen molar-refractivity contribution in [2.75, 3.05) is 11.9 Å². The number of rotatable bonds is 8. The number of aromatic nitrogens is 1. The minimum Gasteiger partial charge on any atom is -0.379 e. The molecule has 0 spiro atoms. The van der Waals surface area contributed by atoms with Crippen molar-refractivity contribution in [1.82, 2.24) is 4.57 Å². The van der Waals surface area contributed by atoms with Crippen LogP contribution >= 0.6 is 0 Å². The van der Waals surface area contributed by atoms with Gasteiger partial charge in [-0.2, -0.15) is 0 Å². The van der Waals surface area contributed by atoms with Gasteiger partial charge in [-0.1, -0.05) is 25.1 Å². The molecule has 0 aliphatic carbocycles. The van der Waals surface area contributed by atoms with Gasteiger partial charge in [-0.15, -0.1) is 0 Å². The van der Waals surface area contributed by atoms with Crippen LogP contribution in [0.3, 0.4) is 0 Å². The van der Waals surface area contributed by atoms with Crippen LogP contribution in [0.5, 0.6) is 0 Å². The standard InChI is InChI=1S/C17H24N2O/c1-3-11-19-12-7-9-16(19)13-18-17-10-6-5-8-15(17)14-20-4-2/h5-10,12,18H,3-4,11,13-14H2,1-2H3. The largest absolute Gasteiger partial charge is 0.379 e. The zero-order valence-electron chi connectivity index (χ0n) is 12.4. The summed E-state index contributed by atoms with van der Waals surface area (Å²) in [7, 11) is 0. The summed E-state index contributed by atoms with van der Waals surface area (Å²) in [5.41, 5.74) is 3.69. The second-order valence-electron chi connectivity index (χ2n) is 4.84. The molecule has 1 N–H and O–H groups in total. The Kier molecular flexibility index (Phi) is 5.69. The molecule has 0 atom stereocenters. The molecule has 20 heavy (non-hydrogen) atoms. The molecule has 3 nitrogen and oxygen atoms in total. The fourth-order valence-corrected chi connectivity index (χ4v) is 2.29. The van der Waals surface area contributed by atoms with Gasteiger partial charge in [-0.25, -0.2) is 0 Å². The number of aryl methyl sites for hydroxylation is 1. The van der Waals surface area contributed by atoms with Crippen LogP contribution in [0.4, 0.5) is 5.69 Å². The fourth-order valence-electron chi connectivity index (χ4n) is 2.29. The molecule has 0 bridgehead atoms. The molecule has 1 aromatic heterocycles. The van der Waals surface area contributed by atoms with E-state index < -0.39 is 0 Å². The smallest absolute Gasteiger partial charge is 0.0736 e. The lowest BCUT2D eigenvalue weighted by Gasteiger charge is -2.13. The lowest BCUT2D eigenvalue weighted by Crippen LogP contribution is -2.08. The molecule has 2 rings (SSSR count). The first-order valence-electron chi connectivity index (χ1n) is 7.38. The molecule has 1 aromatic carbocycles. The monoisotopic (exact) mass is 272 g/mol. The molecule has 0 radical (unpaired) electrons. The Morgan fingerprint density at radius 2 is 1.95 bits per heavy atom. The average molecular weight is 272 g/mol. The molecule has 108 valence electrons. The number of para-hydroxylation sites is 1. The molecule has 1 heterocycles. The number of nitrogens with one attached hydrogen (secondary N) is 1. The lowest BCUT2D eigenvalue weighted by molar-refractivity contribution is 0.134. The van der Waals surface area contributed by atoms with E-state index in [1.165, 1.54) is 11.3 Å². The van der Waals surface area contributed by atoms with Crippen molar-refractivity contribution in [3.05, 3.63) is 53.9 Å². The molecule has 0 fully saturated rings. The van der Waals surface area contributed by atoms with Crippen LogP contribution in [0.1, 0.15) is 31.5 Å². The third-order valence-electron chi connectivity index (χ3n) is 3.33. The van der Waals surface area contributed by atoms with Crippen molar-refractivity contribution >= 4 is 5.69 Å². The van der Waals surface area contributed by atoms with Gasteiger partial charge in [0.15, 0.2) is 0 Å². The Bertz CT molecular complexity index is 519. The van der Waals surface area contributed by atoms with Gasteiger partial charge in [0.1, 0.15) is 0 Å². The highest BCUT2D eigenvalue weighted by atomic mass is 16.5. The molecule has 0 aliphatic heterocycles. The summed E-state index contributed by atoms with van der Waals surface area (Å²) in [6, 6.07) is 12.6. The summed E-state index contributed by atoms with van der Waals surface area (Å²) in [6.45, 7) is 7.55. The van der Waals surface area contributed by atoms with E-state index in [4.69, 9.17) is 4.74 Å². The molecular weight excluding hydrogens is 248 g/mol. The molecule has 0 amide bonds. The van der Waals surface area contributed by atoms with E-state index in [9.17, 15) is 0 Å². The zero-order valence-corrected chi connectivity index (χ0v) is 12.4. The van der Waals surface area contributed by atoms with Crippen LogP contribution < -0.4 is 5.32 Å². The third kappa shape index (κ3) is 3.87. The molecule has 0 saturated carbocycles. The predicted octanol–water partition coefficient (Wildman–Crippen LogP) is 4.05. The number of ether oxygens (including phenoxy) is 1. The quantitative estimate of drug-likeness (QED) is 0.784. The maximum Gasteiger partial charge on any atom is 0.0736 e. The highest BCUT2D eigenvalue weighted by Gasteiger charge is 2.03. The van der Waals surface area contributed by atoms with E-state index in [1.54, 1.807) is 0 Å². The Balaban J connectivity index is 2.01. The molecule has 0 unspecified atom stereocenters. The van der Waals surface area contributed by atoms with Crippen molar-refractivity contribution in [2.24, 2.45) is 0 Å². The van der Waals surface area contributed by atoms with Crippen molar-refractivity contribution in [3.8, 4) is 0 Å². The van der Waals surface area contributed by atoms with E-state index in [-0.39, 0.29) is 0 Å². The summed E-state index contributed by atoms with van der Waals surface area (Å²) < 4.78 is 7.82. The molecule has 0 saturated heterocycles. The van der Waals surface area contributed by atoms with Crippen molar-refractivity contribution < 1.29 is 4.74 Å². The van der Waals surface area contributed by atoms with Gasteiger partial charge in [0.25, 0.3) is 0 Å². The van der Waals surface area contributed by atoms with Crippen LogP contribution in [0.15, 0.2) is 42.6 Å². The molecule has 3 heteroatoms. The minimum absolute atomic E-state index is 0.662. The third-order valence-corrected chi connectivity index (χ3v) is 3.33. The summed E-state index contributed by atoms with van der Waals surface area (Å²) in [5, 5.41) is 3.52. The van der Waals surface area contributed by atoms with Crippen LogP contribution in [0, 0.1) is 0 Å². The van der Waals surface area contributed by atoms with E-state index in [0.29, 0.717) is 6.61 Å². The first kappa shape index (κ1) is 14.7. The van der Waals surface area contributed by atoms with Gasteiger partial charge < -0.3 is 14.6 Å². The second kappa shape index (κ2) is 7.75. The van der Waals surface area contributed by atoms with E-state index in [1.807, 2.05) is 6.92 Å². The van der Waals surface area contributed by atoms with Gasteiger partial charge in [0.2, 0.25) is 0 Å². The van der Waals surface area contributed by atoms with Crippen LogP contribution in [-0.4, -0.2) is 11.2 Å². The van der Waals surface area contributed by atoms with Crippen LogP contribution in [0.2, 0.25) is 0 Å². The maximum atomic E-state index is 5.51. The van der Waals surface area contributed by atoms with Gasteiger partial charge in [0, 0.05) is 36.3 Å². The van der Waals surface area contributed by atoms with Crippen LogP contribution in [0.25, 0.3) is 0 Å². The van der Waals surface area contributed by atoms with Crippen molar-refractivity contribution in [2.45, 2.75) is 40.0 Å². The number of hydrogen-bond donors (Lipinski definition) is 1. The summed E-state index contributed by atoms with van der Waals surface area (Å²) in [5.74, 6) is 0. The normalized spacial score (nSPS) is 10.7. The lowest BCUT2D eigenvalue weighted by atomic mass is 10.2. The Morgan fingerprint density at radius 3 is 2.75 bits per heavy atom. The zero-order chi connectivity index (χ0) is 14.2. The van der Waals surface area contributed by atoms with Crippen LogP contribution in [-0.2, 0) is 24.4 Å². The maximum absolute atomic E-state index is 5.51. The number of hydrogen-bond acceptors (Lipinski definition) is 2. The van der Waals surface area contributed by atoms with E-state index in [2.05, 4.69) is 59.4 Å². The van der Waals surface area contributed by atoms with E-state index >= 15 is 0 Å². The highest BCUT2D eigenvalue weighted by molar-refractivity contribution is 5.50. The van der Waals surface area contributed by atoms with Gasteiger partial charge in [-0.3, -0.25) is 0 Å².